The molecule has 0 bridgehead atoms. The third-order valence-electron chi connectivity index (χ3n) is 4.77. The quantitative estimate of drug-likeness (QED) is 0.879. The van der Waals surface area contributed by atoms with Crippen molar-refractivity contribution in [2.24, 2.45) is 11.8 Å². The molecule has 0 radical (unpaired) electrons. The number of H-pyrrole nitrogens is 1. The van der Waals surface area contributed by atoms with Crippen molar-refractivity contribution in [3.63, 3.8) is 0 Å². The maximum atomic E-state index is 12.7. The molecular weight excluding hydrogens is 286 g/mol. The van der Waals surface area contributed by atoms with Gasteiger partial charge in [0.2, 0.25) is 0 Å². The van der Waals surface area contributed by atoms with Crippen LogP contribution in [0.25, 0.3) is 10.9 Å². The third-order valence-corrected chi connectivity index (χ3v) is 5.01. The van der Waals surface area contributed by atoms with Crippen LogP contribution < -0.4 is 0 Å². The van der Waals surface area contributed by atoms with Crippen LogP contribution in [0.1, 0.15) is 10.5 Å². The van der Waals surface area contributed by atoms with E-state index in [0.29, 0.717) is 22.6 Å². The van der Waals surface area contributed by atoms with E-state index in [2.05, 4.69) is 16.9 Å². The van der Waals surface area contributed by atoms with Crippen molar-refractivity contribution in [3.8, 4) is 0 Å². The maximum Gasteiger partial charge on any atom is 0.270 e. The van der Waals surface area contributed by atoms with Gasteiger partial charge in [-0.3, -0.25) is 4.79 Å². The molecule has 2 atom stereocenters. The molecule has 0 unspecified atom stereocenters. The van der Waals surface area contributed by atoms with E-state index in [4.69, 9.17) is 11.6 Å². The van der Waals surface area contributed by atoms with E-state index in [9.17, 15) is 4.79 Å². The van der Waals surface area contributed by atoms with Gasteiger partial charge < -0.3 is 14.8 Å². The Kier molecular flexibility index (Phi) is 2.98. The highest BCUT2D eigenvalue weighted by atomic mass is 35.5. The molecule has 2 aromatic rings. The molecule has 1 amide bonds. The summed E-state index contributed by atoms with van der Waals surface area (Å²) >= 11 is 5.99. The molecule has 1 aromatic heterocycles. The number of benzene rings is 1. The number of rotatable bonds is 1. The van der Waals surface area contributed by atoms with Gasteiger partial charge in [0.25, 0.3) is 5.91 Å². The molecule has 2 aliphatic heterocycles. The standard InChI is InChI=1S/C16H18ClN3O/c1-19-6-11-8-20(9-12(11)7-19)16(21)15-4-10-2-3-13(17)5-14(10)18-15/h2-5,11-12,18H,6-9H2,1H3/t11-,12+. The second-order valence-electron chi connectivity index (χ2n) is 6.37. The highest BCUT2D eigenvalue weighted by molar-refractivity contribution is 6.31. The molecule has 4 nitrogen and oxygen atoms in total. The Morgan fingerprint density at radius 2 is 1.90 bits per heavy atom. The van der Waals surface area contributed by atoms with Crippen LogP contribution in [0.4, 0.5) is 0 Å². The Bertz CT molecular complexity index is 697. The van der Waals surface area contributed by atoms with Gasteiger partial charge in [-0.1, -0.05) is 17.7 Å². The summed E-state index contributed by atoms with van der Waals surface area (Å²) in [7, 11) is 2.16. The SMILES string of the molecule is CN1C[C@@H]2CN(C(=O)c3cc4ccc(Cl)cc4[nH]3)C[C@@H]2C1. The summed E-state index contributed by atoms with van der Waals surface area (Å²) in [6, 6.07) is 7.58. The van der Waals surface area contributed by atoms with Crippen LogP contribution in [0, 0.1) is 11.8 Å². The van der Waals surface area contributed by atoms with E-state index >= 15 is 0 Å². The van der Waals surface area contributed by atoms with Crippen molar-refractivity contribution in [3.05, 3.63) is 35.0 Å². The van der Waals surface area contributed by atoms with E-state index in [-0.39, 0.29) is 5.91 Å². The second kappa shape index (κ2) is 4.75. The van der Waals surface area contributed by atoms with Crippen molar-refractivity contribution in [2.45, 2.75) is 0 Å². The number of fused-ring (bicyclic) bond motifs is 2. The molecule has 1 N–H and O–H groups in total. The summed E-state index contributed by atoms with van der Waals surface area (Å²) in [6.07, 6.45) is 0. The zero-order valence-electron chi connectivity index (χ0n) is 12.0. The van der Waals surface area contributed by atoms with Crippen LogP contribution >= 0.6 is 11.6 Å². The molecule has 0 saturated carbocycles. The minimum Gasteiger partial charge on any atom is -0.350 e. The number of hydrogen-bond acceptors (Lipinski definition) is 2. The number of nitrogens with zero attached hydrogens (tertiary/aromatic N) is 2. The van der Waals surface area contributed by atoms with Crippen LogP contribution in [0.5, 0.6) is 0 Å². The summed E-state index contributed by atoms with van der Waals surface area (Å²) < 4.78 is 0. The Morgan fingerprint density at radius 1 is 1.19 bits per heavy atom. The number of aromatic amines is 1. The van der Waals surface area contributed by atoms with Gasteiger partial charge in [0.1, 0.15) is 5.69 Å². The molecule has 1 aromatic carbocycles. The number of nitrogens with one attached hydrogen (secondary N) is 1. The first-order chi connectivity index (χ1) is 10.1. The molecule has 3 heterocycles. The molecule has 4 rings (SSSR count). The highest BCUT2D eigenvalue weighted by Gasteiger charge is 2.40. The fourth-order valence-corrected chi connectivity index (χ4v) is 3.95. The fourth-order valence-electron chi connectivity index (χ4n) is 3.78. The molecule has 2 saturated heterocycles. The van der Waals surface area contributed by atoms with E-state index < -0.39 is 0 Å². The summed E-state index contributed by atoms with van der Waals surface area (Å²) in [6.45, 7) is 3.97. The smallest absolute Gasteiger partial charge is 0.270 e. The Hall–Kier alpha value is -1.52. The van der Waals surface area contributed by atoms with E-state index in [1.807, 2.05) is 29.2 Å². The zero-order chi connectivity index (χ0) is 14.6. The fraction of sp³-hybridized carbons (Fsp3) is 0.438. The number of hydrogen-bond donors (Lipinski definition) is 1. The molecule has 21 heavy (non-hydrogen) atoms. The monoisotopic (exact) mass is 303 g/mol. The third kappa shape index (κ3) is 2.23. The van der Waals surface area contributed by atoms with Crippen molar-refractivity contribution in [1.29, 1.82) is 0 Å². The first-order valence-corrected chi connectivity index (χ1v) is 7.74. The van der Waals surface area contributed by atoms with Crippen LogP contribution in [-0.2, 0) is 0 Å². The number of amides is 1. The van der Waals surface area contributed by atoms with Crippen molar-refractivity contribution in [2.75, 3.05) is 33.2 Å². The molecule has 0 aliphatic carbocycles. The summed E-state index contributed by atoms with van der Waals surface area (Å²) in [4.78, 5) is 20.2. The van der Waals surface area contributed by atoms with Gasteiger partial charge in [-0.25, -0.2) is 0 Å². The predicted molar refractivity (Wildman–Crippen MR) is 83.7 cm³/mol. The average Bonchev–Trinajstić information content (AvgIpc) is 3.08. The average molecular weight is 304 g/mol. The number of carbonyl (C=O) groups is 1. The Labute approximate surface area is 128 Å². The first-order valence-electron chi connectivity index (χ1n) is 7.36. The van der Waals surface area contributed by atoms with Crippen LogP contribution in [0.2, 0.25) is 5.02 Å². The van der Waals surface area contributed by atoms with Gasteiger partial charge in [-0.15, -0.1) is 0 Å². The van der Waals surface area contributed by atoms with Gasteiger partial charge in [0.15, 0.2) is 0 Å². The van der Waals surface area contributed by atoms with Crippen molar-refractivity contribution in [1.82, 2.24) is 14.8 Å². The van der Waals surface area contributed by atoms with Crippen LogP contribution in [-0.4, -0.2) is 53.9 Å². The Morgan fingerprint density at radius 3 is 2.62 bits per heavy atom. The zero-order valence-corrected chi connectivity index (χ0v) is 12.7. The lowest BCUT2D eigenvalue weighted by Gasteiger charge is -2.18. The van der Waals surface area contributed by atoms with E-state index in [1.165, 1.54) is 0 Å². The molecular formula is C16H18ClN3O. The number of aromatic nitrogens is 1. The van der Waals surface area contributed by atoms with Gasteiger partial charge in [0, 0.05) is 42.1 Å². The van der Waals surface area contributed by atoms with Gasteiger partial charge in [0.05, 0.1) is 0 Å². The minimum absolute atomic E-state index is 0.111. The highest BCUT2D eigenvalue weighted by Crippen LogP contribution is 2.31. The number of halogens is 1. The topological polar surface area (TPSA) is 39.3 Å². The van der Waals surface area contributed by atoms with Gasteiger partial charge >= 0.3 is 0 Å². The maximum absolute atomic E-state index is 12.7. The molecule has 0 spiro atoms. The van der Waals surface area contributed by atoms with E-state index in [0.717, 1.165) is 37.1 Å². The van der Waals surface area contributed by atoms with Crippen molar-refractivity contribution < 1.29 is 4.79 Å². The number of likely N-dealkylation sites (tertiary alicyclic amines) is 2. The molecule has 2 aliphatic rings. The Balaban J connectivity index is 1.57. The number of carbonyl (C=O) groups excluding carboxylic acids is 1. The lowest BCUT2D eigenvalue weighted by Crippen LogP contribution is -2.32. The second-order valence-corrected chi connectivity index (χ2v) is 6.80. The first kappa shape index (κ1) is 13.2. The summed E-state index contributed by atoms with van der Waals surface area (Å²) in [5.41, 5.74) is 1.59. The summed E-state index contributed by atoms with van der Waals surface area (Å²) in [5.74, 6) is 1.38. The molecule has 110 valence electrons. The normalized spacial score (nSPS) is 25.7. The van der Waals surface area contributed by atoms with Crippen molar-refractivity contribution >= 4 is 28.4 Å². The van der Waals surface area contributed by atoms with Gasteiger partial charge in [-0.2, -0.15) is 0 Å². The minimum atomic E-state index is 0.111. The van der Waals surface area contributed by atoms with Crippen LogP contribution in [0.15, 0.2) is 24.3 Å². The molecule has 5 heteroatoms. The van der Waals surface area contributed by atoms with Gasteiger partial charge in [-0.05, 0) is 37.1 Å². The molecule has 2 fully saturated rings. The predicted octanol–water partition coefficient (Wildman–Crippen LogP) is 2.45. The largest absolute Gasteiger partial charge is 0.350 e. The lowest BCUT2D eigenvalue weighted by molar-refractivity contribution is 0.0771. The summed E-state index contributed by atoms with van der Waals surface area (Å²) in [5, 5.41) is 1.71. The van der Waals surface area contributed by atoms with Crippen LogP contribution in [0.3, 0.4) is 0 Å². The van der Waals surface area contributed by atoms with E-state index in [1.54, 1.807) is 0 Å². The lowest BCUT2D eigenvalue weighted by atomic mass is 10.0.